The fourth-order valence-corrected chi connectivity index (χ4v) is 10.4. The highest BCUT2D eigenvalue weighted by Gasteiger charge is 2.63. The molecular formula is C35H37N3O3S. The Morgan fingerprint density at radius 1 is 1.10 bits per heavy atom. The zero-order valence-electron chi connectivity index (χ0n) is 24.2. The van der Waals surface area contributed by atoms with E-state index in [0.717, 1.165) is 48.0 Å². The Labute approximate surface area is 250 Å². The number of aliphatic hydroxyl groups excluding tert-OH is 1. The second-order valence-corrected chi connectivity index (χ2v) is 14.5. The second kappa shape index (κ2) is 9.61. The fourth-order valence-electron chi connectivity index (χ4n) is 9.63. The summed E-state index contributed by atoms with van der Waals surface area (Å²) >= 11 is 1.49. The number of ether oxygens (including phenoxy) is 1. The first-order valence-corrected chi connectivity index (χ1v) is 16.2. The molecule has 4 aromatic rings. The molecule has 8 rings (SSSR count). The third-order valence-electron chi connectivity index (χ3n) is 11.4. The first kappa shape index (κ1) is 26.3. The summed E-state index contributed by atoms with van der Waals surface area (Å²) in [5, 5.41) is 17.3. The number of nitrogens with zero attached hydrogens (tertiary/aromatic N) is 3. The summed E-state index contributed by atoms with van der Waals surface area (Å²) in [5.41, 5.74) is 5.57. The first-order valence-electron chi connectivity index (χ1n) is 15.4. The molecule has 0 bridgehead atoms. The standard InChI is InChI=1S/C35H37N3O3S/c1-34-17-21-19-36-38(23-8-4-3-5-9-23)28(21)16-22(34)12-13-24-25-14-15-26(35(25,2)18-29(39)32(24)34)30(40)20-41-33-37-27-10-6-7-11-31(27)42-33/h3-11,16,19,24-26,29,32,39H,12-15,17-18,20H2,1-2H3. The number of benzene rings is 2. The normalized spacial score (nSPS) is 33.3. The molecular weight excluding hydrogens is 542 g/mol. The highest BCUT2D eigenvalue weighted by molar-refractivity contribution is 7.20. The average Bonchev–Trinajstić information content (AvgIpc) is 3.68. The minimum atomic E-state index is -0.436. The molecule has 0 amide bonds. The van der Waals surface area contributed by atoms with Crippen molar-refractivity contribution in [3.05, 3.63) is 77.6 Å². The SMILES string of the molecule is CC12Cc3cnn(-c4ccccc4)c3C=C1CCC1C2C(O)CC2(C)C(C(=O)COc3nc4ccccc4s3)CCC12. The Morgan fingerprint density at radius 2 is 1.90 bits per heavy atom. The van der Waals surface area contributed by atoms with E-state index in [0.29, 0.717) is 23.5 Å². The number of carbonyl (C=O) groups excluding carboxylic acids is 1. The molecule has 4 aliphatic rings. The van der Waals surface area contributed by atoms with Crippen molar-refractivity contribution in [3.8, 4) is 10.9 Å². The molecule has 2 aromatic heterocycles. The number of hydrogen-bond donors (Lipinski definition) is 1. The van der Waals surface area contributed by atoms with Crippen LogP contribution in [0.25, 0.3) is 22.0 Å². The van der Waals surface area contributed by atoms with Crippen LogP contribution in [-0.2, 0) is 11.2 Å². The molecule has 0 aliphatic heterocycles. The number of Topliss-reactive ketones (excluding diaryl/α,β-unsaturated/α-hetero) is 1. The van der Waals surface area contributed by atoms with Crippen LogP contribution in [0.2, 0.25) is 0 Å². The molecule has 7 unspecified atom stereocenters. The predicted octanol–water partition coefficient (Wildman–Crippen LogP) is 6.90. The van der Waals surface area contributed by atoms with Crippen molar-refractivity contribution in [2.75, 3.05) is 6.61 Å². The van der Waals surface area contributed by atoms with Crippen LogP contribution in [0.1, 0.15) is 57.2 Å². The second-order valence-electron chi connectivity index (χ2n) is 13.5. The Kier molecular flexibility index (Phi) is 6.03. The lowest BCUT2D eigenvalue weighted by Gasteiger charge is -2.59. The lowest BCUT2D eigenvalue weighted by Crippen LogP contribution is -2.57. The smallest absolute Gasteiger partial charge is 0.274 e. The molecule has 0 radical (unpaired) electrons. The number of aromatic nitrogens is 3. The van der Waals surface area contributed by atoms with E-state index in [1.165, 1.54) is 28.2 Å². The molecule has 3 saturated carbocycles. The van der Waals surface area contributed by atoms with Crippen molar-refractivity contribution in [3.63, 3.8) is 0 Å². The van der Waals surface area contributed by atoms with Crippen molar-refractivity contribution >= 4 is 33.4 Å². The van der Waals surface area contributed by atoms with E-state index in [1.807, 2.05) is 36.5 Å². The molecule has 1 N–H and O–H groups in total. The maximum Gasteiger partial charge on any atom is 0.274 e. The molecule has 6 nitrogen and oxygen atoms in total. The minimum Gasteiger partial charge on any atom is -0.462 e. The third kappa shape index (κ3) is 3.89. The van der Waals surface area contributed by atoms with Crippen LogP contribution in [0.15, 0.2) is 66.4 Å². The minimum absolute atomic E-state index is 0.0514. The van der Waals surface area contributed by atoms with Gasteiger partial charge >= 0.3 is 0 Å². The number of allylic oxidation sites excluding steroid dienone is 1. The average molecular weight is 580 g/mol. The summed E-state index contributed by atoms with van der Waals surface area (Å²) < 4.78 is 9.08. The maximum atomic E-state index is 13.7. The lowest BCUT2D eigenvalue weighted by atomic mass is 9.46. The number of rotatable bonds is 5. The Hall–Kier alpha value is -3.29. The number of hydrogen-bond acceptors (Lipinski definition) is 6. The van der Waals surface area contributed by atoms with E-state index in [2.05, 4.69) is 53.9 Å². The van der Waals surface area contributed by atoms with E-state index in [-0.39, 0.29) is 35.1 Å². The van der Waals surface area contributed by atoms with Gasteiger partial charge < -0.3 is 9.84 Å². The molecule has 4 aliphatic carbocycles. The van der Waals surface area contributed by atoms with E-state index < -0.39 is 6.10 Å². The number of fused-ring (bicyclic) bond motifs is 7. The molecule has 216 valence electrons. The van der Waals surface area contributed by atoms with Gasteiger partial charge in [0.1, 0.15) is 6.61 Å². The Morgan fingerprint density at radius 3 is 2.74 bits per heavy atom. The summed E-state index contributed by atoms with van der Waals surface area (Å²) in [5.74, 6) is 1.11. The summed E-state index contributed by atoms with van der Waals surface area (Å²) in [6.07, 6.45) is 9.58. The molecule has 2 heterocycles. The molecule has 0 saturated heterocycles. The van der Waals surface area contributed by atoms with Gasteiger partial charge in [0.15, 0.2) is 5.78 Å². The topological polar surface area (TPSA) is 77.2 Å². The van der Waals surface area contributed by atoms with Gasteiger partial charge in [-0.2, -0.15) is 5.10 Å². The van der Waals surface area contributed by atoms with Gasteiger partial charge in [0.05, 0.1) is 33.9 Å². The number of para-hydroxylation sites is 2. The fraction of sp³-hybridized carbons (Fsp3) is 0.457. The van der Waals surface area contributed by atoms with Gasteiger partial charge in [-0.1, -0.05) is 61.1 Å². The molecule has 42 heavy (non-hydrogen) atoms. The first-order chi connectivity index (χ1) is 20.3. The van der Waals surface area contributed by atoms with Crippen LogP contribution in [0.3, 0.4) is 0 Å². The highest BCUT2D eigenvalue weighted by atomic mass is 32.1. The predicted molar refractivity (Wildman–Crippen MR) is 165 cm³/mol. The van der Waals surface area contributed by atoms with Gasteiger partial charge in [-0.3, -0.25) is 4.79 Å². The summed E-state index contributed by atoms with van der Waals surface area (Å²) in [7, 11) is 0. The highest BCUT2D eigenvalue weighted by Crippen LogP contribution is 2.66. The van der Waals surface area contributed by atoms with E-state index in [1.54, 1.807) is 0 Å². The largest absolute Gasteiger partial charge is 0.462 e. The number of thiazole rings is 1. The van der Waals surface area contributed by atoms with Gasteiger partial charge in [0, 0.05) is 5.92 Å². The molecule has 7 atom stereocenters. The van der Waals surface area contributed by atoms with Gasteiger partial charge in [-0.05, 0) is 103 Å². The van der Waals surface area contributed by atoms with Crippen LogP contribution < -0.4 is 4.74 Å². The van der Waals surface area contributed by atoms with E-state index >= 15 is 0 Å². The van der Waals surface area contributed by atoms with Crippen molar-refractivity contribution in [1.29, 1.82) is 0 Å². The zero-order chi connectivity index (χ0) is 28.6. The molecule has 2 aromatic carbocycles. The van der Waals surface area contributed by atoms with Gasteiger partial charge in [0.25, 0.3) is 5.19 Å². The number of carbonyl (C=O) groups is 1. The number of ketones is 1. The van der Waals surface area contributed by atoms with E-state index in [9.17, 15) is 9.90 Å². The van der Waals surface area contributed by atoms with Crippen molar-refractivity contribution < 1.29 is 14.6 Å². The monoisotopic (exact) mass is 579 g/mol. The van der Waals surface area contributed by atoms with Crippen molar-refractivity contribution in [1.82, 2.24) is 14.8 Å². The zero-order valence-corrected chi connectivity index (χ0v) is 25.0. The van der Waals surface area contributed by atoms with Crippen molar-refractivity contribution in [2.24, 2.45) is 34.5 Å². The molecule has 3 fully saturated rings. The van der Waals surface area contributed by atoms with Crippen LogP contribution in [0.5, 0.6) is 5.19 Å². The van der Waals surface area contributed by atoms with Crippen molar-refractivity contribution in [2.45, 2.75) is 58.5 Å². The molecule has 0 spiro atoms. The van der Waals surface area contributed by atoms with Crippen LogP contribution >= 0.6 is 11.3 Å². The Balaban J connectivity index is 1.03. The lowest BCUT2D eigenvalue weighted by molar-refractivity contribution is -0.143. The van der Waals surface area contributed by atoms with Crippen LogP contribution in [0.4, 0.5) is 0 Å². The van der Waals surface area contributed by atoms with E-state index in [4.69, 9.17) is 9.84 Å². The number of aliphatic hydroxyl groups is 1. The van der Waals surface area contributed by atoms with Gasteiger partial charge in [0.2, 0.25) is 0 Å². The third-order valence-corrected chi connectivity index (χ3v) is 12.4. The van der Waals surface area contributed by atoms with Crippen LogP contribution in [0, 0.1) is 34.5 Å². The quantitative estimate of drug-likeness (QED) is 0.278. The molecule has 7 heteroatoms. The van der Waals surface area contributed by atoms with Gasteiger partial charge in [-0.25, -0.2) is 9.67 Å². The van der Waals surface area contributed by atoms with Gasteiger partial charge in [-0.15, -0.1) is 0 Å². The maximum absolute atomic E-state index is 13.7. The summed E-state index contributed by atoms with van der Waals surface area (Å²) in [6.45, 7) is 4.71. The Bertz CT molecular complexity index is 1680. The summed E-state index contributed by atoms with van der Waals surface area (Å²) in [4.78, 5) is 18.2. The summed E-state index contributed by atoms with van der Waals surface area (Å²) in [6, 6.07) is 18.3. The van der Waals surface area contributed by atoms with Crippen LogP contribution in [-0.4, -0.2) is 38.4 Å².